The summed E-state index contributed by atoms with van der Waals surface area (Å²) in [6, 6.07) is 0. The van der Waals surface area contributed by atoms with Gasteiger partial charge in [-0.2, -0.15) is 0 Å². The summed E-state index contributed by atoms with van der Waals surface area (Å²) in [4.78, 5) is 23.8. The zero-order valence-corrected chi connectivity index (χ0v) is 22.3. The number of likely N-dealkylation sites (N-methyl/N-ethyl adjacent to an activating group) is 1. The van der Waals surface area contributed by atoms with E-state index in [9.17, 15) is 19.8 Å². The largest absolute Gasteiger partial charge is 0.481 e. The molecule has 0 saturated heterocycles. The number of aliphatic hydroxyl groups excluding tert-OH is 1. The van der Waals surface area contributed by atoms with Crippen LogP contribution in [-0.4, -0.2) is 71.0 Å². The fraction of sp³-hybridized carbons (Fsp3) is 0.920. The number of carboxylic acid groups (broad SMARTS) is 1. The summed E-state index contributed by atoms with van der Waals surface area (Å²) in [6.45, 7) is 2.45. The molecule has 0 aromatic carbocycles. The van der Waals surface area contributed by atoms with Crippen LogP contribution in [0.2, 0.25) is 0 Å². The van der Waals surface area contributed by atoms with Gasteiger partial charge in [0.05, 0.1) is 21.1 Å². The molecule has 0 fully saturated rings. The fourth-order valence-electron chi connectivity index (χ4n) is 3.99. The first-order valence-electron chi connectivity index (χ1n) is 12.5. The highest BCUT2D eigenvalue weighted by Crippen LogP contribution is 2.23. The van der Waals surface area contributed by atoms with Crippen LogP contribution >= 0.6 is 23.2 Å². The number of quaternary nitrogens is 1. The van der Waals surface area contributed by atoms with Gasteiger partial charge in [-0.05, 0) is 19.3 Å². The van der Waals surface area contributed by atoms with Crippen LogP contribution in [0.4, 0.5) is 0 Å². The number of unbranched alkanes of at least 4 members (excludes halogenated alkanes) is 9. The van der Waals surface area contributed by atoms with Crippen molar-refractivity contribution >= 4 is 35.0 Å². The minimum absolute atomic E-state index is 0.00733. The van der Waals surface area contributed by atoms with Crippen LogP contribution in [-0.2, 0) is 9.59 Å². The van der Waals surface area contributed by atoms with Gasteiger partial charge >= 0.3 is 5.97 Å². The Morgan fingerprint density at radius 1 is 0.781 bits per heavy atom. The molecule has 0 spiro atoms. The van der Waals surface area contributed by atoms with Crippen LogP contribution in [0.5, 0.6) is 0 Å². The van der Waals surface area contributed by atoms with Gasteiger partial charge in [-0.3, -0.25) is 9.59 Å². The average Bonchev–Trinajstić information content (AvgIpc) is 2.67. The second-order valence-electron chi connectivity index (χ2n) is 10.2. The normalized spacial score (nSPS) is 15.8. The second-order valence-corrected chi connectivity index (χ2v) is 11.3. The van der Waals surface area contributed by atoms with Gasteiger partial charge in [-0.15, -0.1) is 23.2 Å². The van der Waals surface area contributed by atoms with Crippen molar-refractivity contribution in [1.82, 2.24) is 0 Å². The van der Waals surface area contributed by atoms with E-state index in [0.717, 1.165) is 44.9 Å². The Morgan fingerprint density at radius 2 is 1.22 bits per heavy atom. The summed E-state index contributed by atoms with van der Waals surface area (Å²) in [7, 11) is 5.58. The van der Waals surface area contributed by atoms with E-state index in [1.807, 2.05) is 21.1 Å². The van der Waals surface area contributed by atoms with Crippen LogP contribution < -0.4 is 0 Å². The minimum Gasteiger partial charge on any atom is -0.481 e. The lowest BCUT2D eigenvalue weighted by molar-refractivity contribution is -0.873. The summed E-state index contributed by atoms with van der Waals surface area (Å²) in [6.07, 6.45) is 13.0. The summed E-state index contributed by atoms with van der Waals surface area (Å²) >= 11 is 12.9. The topological polar surface area (TPSA) is 74.6 Å². The molecule has 0 saturated carbocycles. The number of carboxylic acids is 1. The molecule has 0 amide bonds. The van der Waals surface area contributed by atoms with Crippen molar-refractivity contribution in [3.8, 4) is 0 Å². The monoisotopic (exact) mass is 496 g/mol. The van der Waals surface area contributed by atoms with Crippen molar-refractivity contribution in [2.24, 2.45) is 5.92 Å². The number of halogens is 2. The molecule has 0 aliphatic rings. The van der Waals surface area contributed by atoms with Gasteiger partial charge in [-0.1, -0.05) is 71.1 Å². The molecule has 7 heteroatoms. The smallest absolute Gasteiger partial charge is 0.316 e. The maximum Gasteiger partial charge on any atom is 0.316 e. The molecule has 0 aromatic rings. The van der Waals surface area contributed by atoms with E-state index in [4.69, 9.17) is 23.2 Å². The Morgan fingerprint density at radius 3 is 1.66 bits per heavy atom. The number of Topliss-reactive ketones (excluding diaryl/α,β-unsaturated/α-hetero) is 1. The molecule has 2 N–H and O–H groups in total. The van der Waals surface area contributed by atoms with Crippen LogP contribution in [0.1, 0.15) is 96.8 Å². The predicted molar refractivity (Wildman–Crippen MR) is 135 cm³/mol. The van der Waals surface area contributed by atoms with E-state index < -0.39 is 18.0 Å². The molecule has 0 rings (SSSR count). The number of rotatable bonds is 21. The molecule has 0 aromatic heterocycles. The highest BCUT2D eigenvalue weighted by Gasteiger charge is 2.36. The van der Waals surface area contributed by atoms with Crippen LogP contribution in [0.3, 0.4) is 0 Å². The summed E-state index contributed by atoms with van der Waals surface area (Å²) < 4.78 is 0.405. The van der Waals surface area contributed by atoms with E-state index in [-0.39, 0.29) is 29.5 Å². The standard InChI is InChI=1S/C25H47Cl2NO4/c1-5-6-7-8-10-13-16-20(26)21(27)17-14-11-9-12-15-18-22(29)24(25(31)32)23(30)19-28(2,3)4/h20-21,23-24,30H,5-19H2,1-4H3/p+1/t20-,21+,23+,24-/m0/s1. The Hall–Kier alpha value is -0.360. The molecule has 0 aliphatic carbocycles. The van der Waals surface area contributed by atoms with Gasteiger partial charge in [0.1, 0.15) is 24.3 Å². The Kier molecular flexibility index (Phi) is 17.8. The number of carbonyl (C=O) groups is 2. The maximum atomic E-state index is 12.3. The molecular weight excluding hydrogens is 449 g/mol. The SMILES string of the molecule is CCCCCCCC[C@H](Cl)[C@H](Cl)CCCCCCCC(=O)[C@H](C(=O)O)[C@H](O)C[N+](C)(C)C. The maximum absolute atomic E-state index is 12.3. The molecule has 4 atom stereocenters. The van der Waals surface area contributed by atoms with E-state index in [1.165, 1.54) is 32.1 Å². The molecule has 190 valence electrons. The first-order valence-corrected chi connectivity index (χ1v) is 13.4. The molecule has 0 radical (unpaired) electrons. The van der Waals surface area contributed by atoms with Gasteiger partial charge in [0.15, 0.2) is 0 Å². The predicted octanol–water partition coefficient (Wildman–Crippen LogP) is 6.02. The van der Waals surface area contributed by atoms with Gasteiger partial charge in [0.2, 0.25) is 0 Å². The third-order valence-electron chi connectivity index (χ3n) is 5.86. The lowest BCUT2D eigenvalue weighted by atomic mass is 9.93. The first-order chi connectivity index (χ1) is 15.0. The highest BCUT2D eigenvalue weighted by molar-refractivity contribution is 6.29. The molecule has 0 unspecified atom stereocenters. The highest BCUT2D eigenvalue weighted by atomic mass is 35.5. The lowest BCUT2D eigenvalue weighted by Crippen LogP contribution is -2.47. The molecule has 0 bridgehead atoms. The third kappa shape index (κ3) is 16.3. The van der Waals surface area contributed by atoms with E-state index >= 15 is 0 Å². The van der Waals surface area contributed by atoms with Crippen molar-refractivity contribution in [1.29, 1.82) is 0 Å². The fourth-order valence-corrected chi connectivity index (χ4v) is 4.55. The number of aliphatic carboxylic acids is 1. The first kappa shape index (κ1) is 31.6. The van der Waals surface area contributed by atoms with Crippen LogP contribution in [0, 0.1) is 5.92 Å². The zero-order valence-electron chi connectivity index (χ0n) is 20.8. The van der Waals surface area contributed by atoms with E-state index in [1.54, 1.807) is 0 Å². The lowest BCUT2D eigenvalue weighted by Gasteiger charge is -2.28. The quantitative estimate of drug-likeness (QED) is 0.0880. The third-order valence-corrected chi connectivity index (χ3v) is 7.04. The number of nitrogens with zero attached hydrogens (tertiary/aromatic N) is 1. The van der Waals surface area contributed by atoms with Crippen molar-refractivity contribution in [3.63, 3.8) is 0 Å². The van der Waals surface area contributed by atoms with Gasteiger partial charge < -0.3 is 14.7 Å². The minimum atomic E-state index is -1.34. The zero-order chi connectivity index (χ0) is 24.6. The molecule has 0 aliphatic heterocycles. The van der Waals surface area contributed by atoms with Gasteiger partial charge in [0.25, 0.3) is 0 Å². The summed E-state index contributed by atoms with van der Waals surface area (Å²) in [5.41, 5.74) is 0. The number of hydrogen-bond acceptors (Lipinski definition) is 3. The number of alkyl halides is 2. The average molecular weight is 498 g/mol. The van der Waals surface area contributed by atoms with Crippen LogP contribution in [0.15, 0.2) is 0 Å². The second kappa shape index (κ2) is 18.0. The van der Waals surface area contributed by atoms with Gasteiger partial charge in [0, 0.05) is 17.2 Å². The van der Waals surface area contributed by atoms with E-state index in [2.05, 4.69) is 6.92 Å². The number of ketones is 1. The van der Waals surface area contributed by atoms with Crippen molar-refractivity contribution in [2.75, 3.05) is 27.7 Å². The molecular formula is C25H48Cl2NO4+. The van der Waals surface area contributed by atoms with Crippen molar-refractivity contribution in [2.45, 2.75) is 114 Å². The van der Waals surface area contributed by atoms with Crippen molar-refractivity contribution in [3.05, 3.63) is 0 Å². The van der Waals surface area contributed by atoms with Crippen LogP contribution in [0.25, 0.3) is 0 Å². The Labute approximate surface area is 206 Å². The number of hydrogen-bond donors (Lipinski definition) is 2. The Balaban J connectivity index is 3.94. The summed E-state index contributed by atoms with van der Waals surface area (Å²) in [5, 5.41) is 19.6. The van der Waals surface area contributed by atoms with Gasteiger partial charge in [-0.25, -0.2) is 0 Å². The number of aliphatic hydroxyl groups is 1. The molecule has 5 nitrogen and oxygen atoms in total. The summed E-state index contributed by atoms with van der Waals surface area (Å²) in [5.74, 6) is -2.95. The Bertz CT molecular complexity index is 511. The number of carbonyl (C=O) groups excluding carboxylic acids is 1. The van der Waals surface area contributed by atoms with E-state index in [0.29, 0.717) is 10.9 Å². The molecule has 0 heterocycles. The van der Waals surface area contributed by atoms with Crippen molar-refractivity contribution < 1.29 is 24.3 Å². The molecule has 32 heavy (non-hydrogen) atoms.